The summed E-state index contributed by atoms with van der Waals surface area (Å²) in [6, 6.07) is 0. The van der Waals surface area contributed by atoms with E-state index in [1.807, 2.05) is 20.8 Å². The van der Waals surface area contributed by atoms with Gasteiger partial charge in [0, 0.05) is 0 Å². The van der Waals surface area contributed by atoms with Crippen LogP contribution in [-0.4, -0.2) is 93.4 Å². The van der Waals surface area contributed by atoms with Crippen LogP contribution in [0.2, 0.25) is 5.04 Å². The second kappa shape index (κ2) is 20.9. The van der Waals surface area contributed by atoms with Gasteiger partial charge >= 0.3 is 346 Å². The SMILES string of the molecule is COc1c(C)c(OC)c(OC)c([Si](c2c(OC)c(OC)c(C)c(OC)c2OC)(c2c(OC)c(OC)c(C)c(OC)c2OC)C2(C)C(C)=C(C)C(C)=[C]2[Ti+3])c1OC.[Cl-].[Cl-].[Cl-]. The topological polar surface area (TPSA) is 111 Å². The summed E-state index contributed by atoms with van der Waals surface area (Å²) in [6.07, 6.45) is 0. The molecule has 0 fully saturated rings. The van der Waals surface area contributed by atoms with Crippen molar-refractivity contribution in [3.63, 3.8) is 0 Å². The average Bonchev–Trinajstić information content (AvgIpc) is 3.35. The van der Waals surface area contributed by atoms with Crippen molar-refractivity contribution in [3.8, 4) is 69.0 Å². The number of ether oxygens (including phenoxy) is 12. The molecule has 1 unspecified atom stereocenters. The Morgan fingerprint density at radius 1 is 0.339 bits per heavy atom. The summed E-state index contributed by atoms with van der Waals surface area (Å²) < 4.78 is 78.2. The van der Waals surface area contributed by atoms with Crippen molar-refractivity contribution in [2.24, 2.45) is 0 Å². The molecule has 0 heterocycles. The Morgan fingerprint density at radius 2 is 0.525 bits per heavy atom. The van der Waals surface area contributed by atoms with Gasteiger partial charge in [-0.05, 0) is 0 Å². The Labute approximate surface area is 381 Å². The smallest absolute Gasteiger partial charge is 1.00 e. The largest absolute Gasteiger partial charge is 1.00 e. The van der Waals surface area contributed by atoms with E-state index in [2.05, 4.69) is 48.1 Å². The van der Waals surface area contributed by atoms with E-state index in [1.165, 1.54) is 0 Å². The fourth-order valence-electron chi connectivity index (χ4n) is 8.99. The molecule has 3 aromatic carbocycles. The van der Waals surface area contributed by atoms with Crippen LogP contribution in [0.4, 0.5) is 0 Å². The minimum Gasteiger partial charge on any atom is -1.00 e. The average molecular weight is 936 g/mol. The zero-order valence-corrected chi connectivity index (χ0v) is 42.4. The normalized spacial score (nSPS) is 14.7. The van der Waals surface area contributed by atoms with Gasteiger partial charge in [0.25, 0.3) is 0 Å². The van der Waals surface area contributed by atoms with Crippen LogP contribution in [-0.2, 0) is 20.4 Å². The van der Waals surface area contributed by atoms with E-state index in [4.69, 9.17) is 56.8 Å². The summed E-state index contributed by atoms with van der Waals surface area (Å²) in [5, 5.41) is 0.823. The molecule has 0 spiro atoms. The molecule has 0 radical (unpaired) electrons. The molecule has 326 valence electrons. The van der Waals surface area contributed by atoms with Gasteiger partial charge in [0.2, 0.25) is 0 Å². The van der Waals surface area contributed by atoms with Crippen LogP contribution in [0.1, 0.15) is 44.4 Å². The molecule has 17 heteroatoms. The summed E-state index contributed by atoms with van der Waals surface area (Å²) in [5.74, 6) is 4.95. The van der Waals surface area contributed by atoms with Crippen LogP contribution < -0.4 is 110 Å². The van der Waals surface area contributed by atoms with Crippen molar-refractivity contribution in [1.29, 1.82) is 0 Å². The molecule has 0 saturated heterocycles. The molecule has 12 nitrogen and oxygen atoms in total. The Hall–Kier alpha value is -3.46. The molecule has 0 aromatic heterocycles. The van der Waals surface area contributed by atoms with Crippen molar-refractivity contribution in [3.05, 3.63) is 37.3 Å². The van der Waals surface area contributed by atoms with Gasteiger partial charge in [-0.3, -0.25) is 0 Å². The number of allylic oxidation sites excluding steroid dienone is 4. The maximum Gasteiger partial charge on any atom is -1.00 e. The van der Waals surface area contributed by atoms with Crippen LogP contribution in [0.5, 0.6) is 69.0 Å². The number of hydrogen-bond acceptors (Lipinski definition) is 12. The van der Waals surface area contributed by atoms with Crippen molar-refractivity contribution in [2.75, 3.05) is 85.3 Å². The fourth-order valence-corrected chi connectivity index (χ4v) is 17.4. The van der Waals surface area contributed by atoms with E-state index >= 15 is 0 Å². The summed E-state index contributed by atoms with van der Waals surface area (Å²) in [5.41, 5.74) is 5.27. The molecule has 1 aliphatic carbocycles. The summed E-state index contributed by atoms with van der Waals surface area (Å²) in [6.45, 7) is 14.4. The summed E-state index contributed by atoms with van der Waals surface area (Å²) in [7, 11) is 14.9. The van der Waals surface area contributed by atoms with Crippen LogP contribution >= 0.6 is 0 Å². The Bertz CT molecular complexity index is 1790. The molecule has 0 aliphatic heterocycles. The maximum atomic E-state index is 6.59. The molecule has 1 aliphatic rings. The van der Waals surface area contributed by atoms with Crippen LogP contribution in [0, 0.1) is 20.8 Å². The van der Waals surface area contributed by atoms with Crippen LogP contribution in [0.15, 0.2) is 20.6 Å². The van der Waals surface area contributed by atoms with Gasteiger partial charge in [0.1, 0.15) is 0 Å². The maximum absolute atomic E-state index is 6.59. The van der Waals surface area contributed by atoms with E-state index in [-0.39, 0.29) is 37.2 Å². The molecule has 0 amide bonds. The third-order valence-electron chi connectivity index (χ3n) is 11.7. The minimum absolute atomic E-state index is 0. The van der Waals surface area contributed by atoms with Gasteiger partial charge in [-0.2, -0.15) is 0 Å². The van der Waals surface area contributed by atoms with E-state index in [1.54, 1.807) is 85.3 Å². The molecule has 4 rings (SSSR count). The minimum atomic E-state index is -4.42. The quantitative estimate of drug-likeness (QED) is 0.109. The molecule has 3 aromatic rings. The van der Waals surface area contributed by atoms with E-state index in [9.17, 15) is 0 Å². The van der Waals surface area contributed by atoms with Gasteiger partial charge in [0.15, 0.2) is 0 Å². The van der Waals surface area contributed by atoms with Crippen molar-refractivity contribution in [1.82, 2.24) is 0 Å². The third-order valence-corrected chi connectivity index (χ3v) is 19.2. The first-order valence-corrected chi connectivity index (χ1v) is 20.6. The first kappa shape index (κ1) is 53.6. The number of methoxy groups -OCH3 is 12. The first-order valence-electron chi connectivity index (χ1n) is 17.8. The van der Waals surface area contributed by atoms with Crippen LogP contribution in [0.3, 0.4) is 0 Å². The third kappa shape index (κ3) is 7.31. The summed E-state index contributed by atoms with van der Waals surface area (Å²) in [4.78, 5) is 0. The van der Waals surface area contributed by atoms with Gasteiger partial charge in [-0.25, -0.2) is 0 Å². The van der Waals surface area contributed by atoms with Crippen LogP contribution in [0.25, 0.3) is 0 Å². The van der Waals surface area contributed by atoms with Crippen molar-refractivity contribution in [2.45, 2.75) is 53.5 Å². The van der Waals surface area contributed by atoms with Crippen molar-refractivity contribution >= 4 is 23.6 Å². The zero-order valence-electron chi connectivity index (χ0n) is 37.5. The molecular formula is C42H57Cl3O12SiTi. The number of halogens is 3. The number of rotatable bonds is 16. The molecule has 0 saturated carbocycles. The predicted octanol–water partition coefficient (Wildman–Crippen LogP) is -2.87. The van der Waals surface area contributed by atoms with Gasteiger partial charge < -0.3 is 37.2 Å². The Balaban J connectivity index is 0.00000580. The number of hydrogen-bond donors (Lipinski definition) is 0. The Morgan fingerprint density at radius 3 is 0.661 bits per heavy atom. The van der Waals surface area contributed by atoms with E-state index in [0.717, 1.165) is 20.6 Å². The monoisotopic (exact) mass is 934 g/mol. The fraction of sp³-hybridized carbons (Fsp3) is 0.476. The second-order valence-corrected chi connectivity index (χ2v) is 18.3. The predicted molar refractivity (Wildman–Crippen MR) is 216 cm³/mol. The van der Waals surface area contributed by atoms with E-state index < -0.39 is 13.1 Å². The molecule has 0 N–H and O–H groups in total. The molecule has 1 atom stereocenters. The molecule has 59 heavy (non-hydrogen) atoms. The standard InChI is InChI=1S/C42H57O12Si.3ClH.Ti/c1-21-20-42(7,26(6)22(21)2)55(39-33(49-14)27(43-8)23(3)28(44-9)34(39)50-15,40-35(51-16)29(45-10)24(4)30(46-11)36(40)52-17)41-37(53-18)31(47-12)25(5)32(48-13)38(41)54-19;;;;/h1-19H3;3*1H;/q;;;;+3/p-3. The first-order chi connectivity index (χ1) is 26.6. The zero-order chi connectivity index (χ0) is 42.2. The molecular weight excluding hydrogens is 879 g/mol. The molecule has 0 bridgehead atoms. The van der Waals surface area contributed by atoms with Gasteiger partial charge in [0.05, 0.1) is 0 Å². The van der Waals surface area contributed by atoms with E-state index in [0.29, 0.717) is 101 Å². The second-order valence-electron chi connectivity index (χ2n) is 13.5. The number of benzene rings is 3. The van der Waals surface area contributed by atoms with Gasteiger partial charge in [-0.15, -0.1) is 0 Å². The van der Waals surface area contributed by atoms with Crippen molar-refractivity contribution < 1.29 is 114 Å². The summed E-state index contributed by atoms with van der Waals surface area (Å²) >= 11 is 2.15. The van der Waals surface area contributed by atoms with Gasteiger partial charge in [-0.1, -0.05) is 0 Å². The Kier molecular flexibility index (Phi) is 19.0.